The fraction of sp³-hybridized carbons (Fsp3) is 0.615. The molecule has 0 aliphatic heterocycles. The average Bonchev–Trinajstić information content (AvgIpc) is 2.17. The molecule has 0 amide bonds. The number of hydrogen-bond acceptors (Lipinski definition) is 2. The molecule has 1 aromatic rings. The second kappa shape index (κ2) is 5.86. The molecule has 1 aromatic heterocycles. The third-order valence-electron chi connectivity index (χ3n) is 2.87. The van der Waals surface area contributed by atoms with Gasteiger partial charge in [0.15, 0.2) is 0 Å². The molecule has 0 radical (unpaired) electrons. The average molecular weight is 206 g/mol. The first-order chi connectivity index (χ1) is 7.09. The molecule has 0 aliphatic rings. The van der Waals surface area contributed by atoms with Crippen LogP contribution in [0.25, 0.3) is 0 Å². The summed E-state index contributed by atoms with van der Waals surface area (Å²) in [6.07, 6.45) is 3.82. The molecule has 2 heteroatoms. The number of nitrogens with zero attached hydrogens (tertiary/aromatic N) is 1. The van der Waals surface area contributed by atoms with Crippen LogP contribution in [-0.4, -0.2) is 11.5 Å². The van der Waals surface area contributed by atoms with E-state index in [4.69, 9.17) is 0 Å². The van der Waals surface area contributed by atoms with E-state index in [1.54, 1.807) is 0 Å². The first-order valence-corrected chi connectivity index (χ1v) is 5.71. The van der Waals surface area contributed by atoms with E-state index in [1.165, 1.54) is 11.1 Å². The van der Waals surface area contributed by atoms with Crippen molar-refractivity contribution in [1.82, 2.24) is 10.3 Å². The van der Waals surface area contributed by atoms with Gasteiger partial charge in [-0.1, -0.05) is 26.8 Å². The minimum Gasteiger partial charge on any atom is -0.312 e. The molecule has 0 saturated carbocycles. The van der Waals surface area contributed by atoms with Gasteiger partial charge in [-0.25, -0.2) is 0 Å². The molecule has 0 fully saturated rings. The zero-order chi connectivity index (χ0) is 11.3. The number of pyridine rings is 1. The van der Waals surface area contributed by atoms with Crippen molar-refractivity contribution < 1.29 is 0 Å². The van der Waals surface area contributed by atoms with E-state index in [1.807, 2.05) is 12.4 Å². The van der Waals surface area contributed by atoms with Gasteiger partial charge in [-0.2, -0.15) is 0 Å². The third-order valence-corrected chi connectivity index (χ3v) is 2.87. The Morgan fingerprint density at radius 1 is 1.27 bits per heavy atom. The molecule has 0 saturated heterocycles. The summed E-state index contributed by atoms with van der Waals surface area (Å²) in [7, 11) is 0. The number of aromatic nitrogens is 1. The van der Waals surface area contributed by atoms with Crippen molar-refractivity contribution >= 4 is 0 Å². The summed E-state index contributed by atoms with van der Waals surface area (Å²) in [5, 5.41) is 3.47. The summed E-state index contributed by atoms with van der Waals surface area (Å²) in [6, 6.07) is 2.18. The molecule has 0 aliphatic carbocycles. The Kier molecular flexibility index (Phi) is 4.76. The van der Waals surface area contributed by atoms with Crippen LogP contribution in [0.4, 0.5) is 0 Å². The minimum absolute atomic E-state index is 0.725. The number of hydrogen-bond donors (Lipinski definition) is 1. The SMILES string of the molecule is Cc1cncc(CNCC(C)C(C)C)c1. The van der Waals surface area contributed by atoms with Crippen molar-refractivity contribution in [2.45, 2.75) is 34.2 Å². The maximum atomic E-state index is 4.18. The van der Waals surface area contributed by atoms with Crippen molar-refractivity contribution in [3.05, 3.63) is 29.6 Å². The van der Waals surface area contributed by atoms with Crippen LogP contribution in [0, 0.1) is 18.8 Å². The lowest BCUT2D eigenvalue weighted by Crippen LogP contribution is -2.23. The predicted molar refractivity (Wildman–Crippen MR) is 64.7 cm³/mol. The third kappa shape index (κ3) is 4.43. The van der Waals surface area contributed by atoms with E-state index in [9.17, 15) is 0 Å². The second-order valence-corrected chi connectivity index (χ2v) is 4.72. The highest BCUT2D eigenvalue weighted by Gasteiger charge is 2.05. The minimum atomic E-state index is 0.725. The van der Waals surface area contributed by atoms with Crippen LogP contribution in [0.1, 0.15) is 31.9 Å². The Morgan fingerprint density at radius 2 is 2.00 bits per heavy atom. The van der Waals surface area contributed by atoms with Crippen molar-refractivity contribution in [2.24, 2.45) is 11.8 Å². The van der Waals surface area contributed by atoms with E-state index >= 15 is 0 Å². The molecule has 1 heterocycles. The van der Waals surface area contributed by atoms with E-state index in [0.29, 0.717) is 0 Å². The largest absolute Gasteiger partial charge is 0.312 e. The second-order valence-electron chi connectivity index (χ2n) is 4.72. The van der Waals surface area contributed by atoms with Gasteiger partial charge in [0.25, 0.3) is 0 Å². The Bertz CT molecular complexity index is 294. The maximum Gasteiger partial charge on any atom is 0.0313 e. The molecular weight excluding hydrogens is 184 g/mol. The van der Waals surface area contributed by atoms with Crippen LogP contribution in [-0.2, 0) is 6.54 Å². The highest BCUT2D eigenvalue weighted by Crippen LogP contribution is 2.08. The lowest BCUT2D eigenvalue weighted by molar-refractivity contribution is 0.392. The predicted octanol–water partition coefficient (Wildman–Crippen LogP) is 2.77. The van der Waals surface area contributed by atoms with Crippen LogP contribution in [0.5, 0.6) is 0 Å². The van der Waals surface area contributed by atoms with Crippen molar-refractivity contribution in [3.8, 4) is 0 Å². The van der Waals surface area contributed by atoms with Crippen LogP contribution in [0.2, 0.25) is 0 Å². The van der Waals surface area contributed by atoms with Crippen LogP contribution < -0.4 is 5.32 Å². The van der Waals surface area contributed by atoms with E-state index in [2.05, 4.69) is 44.1 Å². The topological polar surface area (TPSA) is 24.9 Å². The Morgan fingerprint density at radius 3 is 2.60 bits per heavy atom. The van der Waals surface area contributed by atoms with E-state index in [-0.39, 0.29) is 0 Å². The molecule has 0 spiro atoms. The summed E-state index contributed by atoms with van der Waals surface area (Å²) < 4.78 is 0. The molecule has 1 atom stereocenters. The van der Waals surface area contributed by atoms with Gasteiger partial charge < -0.3 is 5.32 Å². The Labute approximate surface area is 93.1 Å². The lowest BCUT2D eigenvalue weighted by Gasteiger charge is -2.16. The summed E-state index contributed by atoms with van der Waals surface area (Å²) in [5.74, 6) is 1.47. The molecule has 2 nitrogen and oxygen atoms in total. The molecule has 0 bridgehead atoms. The van der Waals surface area contributed by atoms with E-state index in [0.717, 1.165) is 24.9 Å². The van der Waals surface area contributed by atoms with Crippen molar-refractivity contribution in [1.29, 1.82) is 0 Å². The summed E-state index contributed by atoms with van der Waals surface area (Å²) in [5.41, 5.74) is 2.50. The molecule has 1 rings (SSSR count). The van der Waals surface area contributed by atoms with Gasteiger partial charge >= 0.3 is 0 Å². The van der Waals surface area contributed by atoms with Crippen LogP contribution in [0.15, 0.2) is 18.5 Å². The molecular formula is C13H22N2. The van der Waals surface area contributed by atoms with Gasteiger partial charge in [0.1, 0.15) is 0 Å². The zero-order valence-electron chi connectivity index (χ0n) is 10.2. The monoisotopic (exact) mass is 206 g/mol. The first-order valence-electron chi connectivity index (χ1n) is 5.71. The molecule has 84 valence electrons. The highest BCUT2D eigenvalue weighted by molar-refractivity contribution is 5.16. The summed E-state index contributed by atoms with van der Waals surface area (Å²) in [6.45, 7) is 10.9. The molecule has 0 aromatic carbocycles. The smallest absolute Gasteiger partial charge is 0.0313 e. The fourth-order valence-electron chi connectivity index (χ4n) is 1.39. The summed E-state index contributed by atoms with van der Waals surface area (Å²) >= 11 is 0. The maximum absolute atomic E-state index is 4.18. The van der Waals surface area contributed by atoms with Gasteiger partial charge in [-0.05, 0) is 36.4 Å². The van der Waals surface area contributed by atoms with Gasteiger partial charge in [-0.3, -0.25) is 4.98 Å². The number of rotatable bonds is 5. The van der Waals surface area contributed by atoms with Gasteiger partial charge in [0.2, 0.25) is 0 Å². The quantitative estimate of drug-likeness (QED) is 0.801. The number of nitrogens with one attached hydrogen (secondary N) is 1. The normalized spacial score (nSPS) is 13.1. The van der Waals surface area contributed by atoms with Crippen molar-refractivity contribution in [3.63, 3.8) is 0 Å². The van der Waals surface area contributed by atoms with Gasteiger partial charge in [-0.15, -0.1) is 0 Å². The summed E-state index contributed by atoms with van der Waals surface area (Å²) in [4.78, 5) is 4.18. The highest BCUT2D eigenvalue weighted by atomic mass is 14.9. The number of aryl methyl sites for hydroxylation is 1. The van der Waals surface area contributed by atoms with Gasteiger partial charge in [0.05, 0.1) is 0 Å². The zero-order valence-corrected chi connectivity index (χ0v) is 10.2. The van der Waals surface area contributed by atoms with Crippen molar-refractivity contribution in [2.75, 3.05) is 6.54 Å². The Hall–Kier alpha value is -0.890. The van der Waals surface area contributed by atoms with Crippen LogP contribution >= 0.6 is 0 Å². The fourth-order valence-corrected chi connectivity index (χ4v) is 1.39. The van der Waals surface area contributed by atoms with Gasteiger partial charge in [0, 0.05) is 18.9 Å². The Balaban J connectivity index is 2.32. The first kappa shape index (κ1) is 12.2. The van der Waals surface area contributed by atoms with Crippen LogP contribution in [0.3, 0.4) is 0 Å². The lowest BCUT2D eigenvalue weighted by atomic mass is 9.98. The van der Waals surface area contributed by atoms with E-state index < -0.39 is 0 Å². The molecule has 1 unspecified atom stereocenters. The standard InChI is InChI=1S/C13H22N2/c1-10(2)12(4)7-15-9-13-5-11(3)6-14-8-13/h5-6,8,10,12,15H,7,9H2,1-4H3. The molecule has 1 N–H and O–H groups in total. The molecule has 15 heavy (non-hydrogen) atoms.